The van der Waals surface area contributed by atoms with Gasteiger partial charge in [0.15, 0.2) is 0 Å². The summed E-state index contributed by atoms with van der Waals surface area (Å²) in [6.07, 6.45) is 0. The van der Waals surface area contributed by atoms with E-state index < -0.39 is 20.8 Å². The molecule has 0 aromatic carbocycles. The molecule has 0 amide bonds. The van der Waals surface area contributed by atoms with Crippen molar-refractivity contribution in [2.24, 2.45) is 0 Å². The first kappa shape index (κ1) is 81.6. The first-order valence-electron chi connectivity index (χ1n) is 1.33. The van der Waals surface area contributed by atoms with Gasteiger partial charge in [0.2, 0.25) is 20.8 Å². The van der Waals surface area contributed by atoms with Crippen LogP contribution in [-0.2, 0) is 40.9 Å². The third kappa shape index (κ3) is 101. The Hall–Kier alpha value is -0.0465. The average molecular weight is 379 g/mol. The zero-order valence-corrected chi connectivity index (χ0v) is 11.6. The number of rotatable bonds is 2. The molecule has 130 valence electrons. The summed E-state index contributed by atoms with van der Waals surface area (Å²) in [5, 5.41) is 0. The second-order valence-electron chi connectivity index (χ2n) is 0.885. The van der Waals surface area contributed by atoms with Crippen molar-refractivity contribution >= 4 is 20.8 Å². The fourth-order valence-electron chi connectivity index (χ4n) is 0.102. The monoisotopic (exact) mass is 378 g/mol. The Morgan fingerprint density at radius 3 is 0.722 bits per heavy atom. The van der Waals surface area contributed by atoms with Gasteiger partial charge in [0.1, 0.15) is 0 Å². The van der Waals surface area contributed by atoms with Crippen LogP contribution in [0.3, 0.4) is 0 Å². The predicted molar refractivity (Wildman–Crippen MR) is 54.1 cm³/mol. The molecule has 0 aromatic rings. The van der Waals surface area contributed by atoms with Crippen molar-refractivity contribution in [3.8, 4) is 0 Å². The zero-order chi connectivity index (χ0) is 7.71. The maximum Gasteiger partial charge on any atom is 0.231 e. The maximum absolute atomic E-state index is 9.29. The second kappa shape index (κ2) is 25.7. The molecule has 0 atom stereocenters. The molecule has 0 heterocycles. The van der Waals surface area contributed by atoms with Gasteiger partial charge < -0.3 is 54.3 Å². The van der Waals surface area contributed by atoms with Gasteiger partial charge in [-0.2, -0.15) is 3.63 Å². The van der Waals surface area contributed by atoms with Crippen LogP contribution in [0.15, 0.2) is 0 Å². The molecule has 18 heavy (non-hydrogen) atoms. The molecule has 0 rings (SSSR count). The Bertz CT molecular complexity index is 248. The molecule has 18 heteroatoms. The molecule has 0 aliphatic heterocycles. The number of hydrogen-bond donors (Lipinski definition) is 2. The fraction of sp³-hybridized carbons (Fsp3) is 0. The van der Waals surface area contributed by atoms with E-state index in [1.807, 2.05) is 0 Å². The minimum atomic E-state index is -5.43. The van der Waals surface area contributed by atoms with Gasteiger partial charge in [-0.3, -0.25) is 0 Å². The van der Waals surface area contributed by atoms with Gasteiger partial charge in [0.25, 0.3) is 0 Å². The van der Waals surface area contributed by atoms with Crippen molar-refractivity contribution in [2.45, 2.75) is 0 Å². The van der Waals surface area contributed by atoms with Gasteiger partial charge in [-0.1, -0.05) is 0 Å². The molecule has 0 saturated carbocycles. The van der Waals surface area contributed by atoms with Gasteiger partial charge in [0.05, 0.1) is 0 Å². The van der Waals surface area contributed by atoms with E-state index in [2.05, 4.69) is 3.63 Å². The summed E-state index contributed by atoms with van der Waals surface area (Å²) in [6.45, 7) is 0. The average Bonchev–Trinajstić information content (AvgIpc) is 1.14. The molecular weight excluding hydrogens is 359 g/mol. The molecule has 0 radical (unpaired) electrons. The van der Waals surface area contributed by atoms with E-state index in [0.717, 1.165) is 0 Å². The van der Waals surface area contributed by atoms with Crippen LogP contribution in [0.1, 0.15) is 0 Å². The molecule has 0 fully saturated rings. The fourth-order valence-corrected chi connectivity index (χ4v) is 0.919. The van der Waals surface area contributed by atoms with Crippen molar-refractivity contribution in [1.82, 2.24) is 12.3 Å². The Balaban J connectivity index is -0.00000000889. The van der Waals surface area contributed by atoms with Crippen molar-refractivity contribution in [3.05, 3.63) is 0 Å². The Kier molecular flexibility index (Phi) is 117. The maximum atomic E-state index is 9.29. The summed E-state index contributed by atoms with van der Waals surface area (Å²) < 4.78 is 58.2. The van der Waals surface area contributed by atoms with E-state index >= 15 is 0 Å². The van der Waals surface area contributed by atoms with Crippen LogP contribution in [0.5, 0.6) is 0 Å². The third-order valence-electron chi connectivity index (χ3n) is 0.167. The molecule has 0 unspecified atom stereocenters. The Morgan fingerprint density at radius 1 is 0.611 bits per heavy atom. The van der Waals surface area contributed by atoms with Gasteiger partial charge in [-0.15, -0.1) is 0 Å². The number of quaternary nitrogens is 2. The van der Waals surface area contributed by atoms with Crippen LogP contribution in [0.4, 0.5) is 0 Å². The van der Waals surface area contributed by atoms with E-state index in [0.29, 0.717) is 0 Å². The zero-order valence-electron chi connectivity index (χ0n) is 8.99. The van der Waals surface area contributed by atoms with Crippen LogP contribution in [-0.4, -0.2) is 58.8 Å². The molecule has 15 nitrogen and oxygen atoms in total. The molecule has 0 saturated heterocycles. The standard InChI is InChI=1S/2H3N.Ni.H2O7S2.6H2O/c;;;1-8(2,3)7-9(4,5)6;;;;;;/h2*1H3;;(H,1,2,3)(H,4,5,6);6*1H2. The second-order valence-corrected chi connectivity index (χ2v) is 3.06. The first-order chi connectivity index (χ1) is 3.71. The molecular formula is H20N2NiO13S2. The van der Waals surface area contributed by atoms with Crippen molar-refractivity contribution < 1.29 is 78.9 Å². The van der Waals surface area contributed by atoms with E-state index in [4.69, 9.17) is 0 Å². The SMILES string of the molecule is O.O.O.O.O.O.O=S(=O)([O-])OS(=O)(=O)[O-].[NH4+].[NH4+].[Ni]. The summed E-state index contributed by atoms with van der Waals surface area (Å²) >= 11 is 0. The largest absolute Gasteiger partial charge is 0.725 e. The van der Waals surface area contributed by atoms with Crippen molar-refractivity contribution in [2.75, 3.05) is 0 Å². The normalized spacial score (nSPS) is 6.78. The summed E-state index contributed by atoms with van der Waals surface area (Å²) in [5.74, 6) is 0. The van der Waals surface area contributed by atoms with E-state index in [1.54, 1.807) is 0 Å². The summed E-state index contributed by atoms with van der Waals surface area (Å²) in [5.41, 5.74) is 0. The molecule has 0 bridgehead atoms. The minimum Gasteiger partial charge on any atom is -0.725 e. The summed E-state index contributed by atoms with van der Waals surface area (Å²) in [4.78, 5) is 0. The van der Waals surface area contributed by atoms with Gasteiger partial charge in [0, 0.05) is 16.5 Å². The van der Waals surface area contributed by atoms with Crippen LogP contribution < -0.4 is 12.3 Å². The number of hydrogen-bond acceptors (Lipinski definition) is 7. The van der Waals surface area contributed by atoms with E-state index in [1.165, 1.54) is 0 Å². The molecule has 20 N–H and O–H groups in total. The molecule has 0 aromatic heterocycles. The Labute approximate surface area is 112 Å². The van der Waals surface area contributed by atoms with Crippen molar-refractivity contribution in [3.63, 3.8) is 0 Å². The van der Waals surface area contributed by atoms with Crippen LogP contribution >= 0.6 is 0 Å². The van der Waals surface area contributed by atoms with Crippen molar-refractivity contribution in [1.29, 1.82) is 0 Å². The van der Waals surface area contributed by atoms with Crippen LogP contribution in [0.2, 0.25) is 0 Å². The van der Waals surface area contributed by atoms with Gasteiger partial charge >= 0.3 is 0 Å². The minimum absolute atomic E-state index is 0. The molecule has 0 spiro atoms. The van der Waals surface area contributed by atoms with Gasteiger partial charge in [-0.25, -0.2) is 16.8 Å². The van der Waals surface area contributed by atoms with Crippen LogP contribution in [0.25, 0.3) is 0 Å². The molecule has 0 aliphatic carbocycles. The van der Waals surface area contributed by atoms with Crippen LogP contribution in [0, 0.1) is 0 Å². The predicted octanol–water partition coefficient (Wildman–Crippen LogP) is -6.27. The smallest absolute Gasteiger partial charge is 0.231 e. The topological polar surface area (TPSA) is 386 Å². The van der Waals surface area contributed by atoms with E-state index in [9.17, 15) is 25.9 Å². The first-order valence-corrected chi connectivity index (χ1v) is 4.00. The quantitative estimate of drug-likeness (QED) is 0.265. The Morgan fingerprint density at radius 2 is 0.722 bits per heavy atom. The summed E-state index contributed by atoms with van der Waals surface area (Å²) in [6, 6.07) is 0. The summed E-state index contributed by atoms with van der Waals surface area (Å²) in [7, 11) is -10.9. The van der Waals surface area contributed by atoms with Gasteiger partial charge in [-0.05, 0) is 0 Å². The third-order valence-corrected chi connectivity index (χ3v) is 1.50. The molecule has 0 aliphatic rings. The van der Waals surface area contributed by atoms with E-state index in [-0.39, 0.29) is 61.6 Å².